The first-order valence-electron chi connectivity index (χ1n) is 9.30. The Kier molecular flexibility index (Phi) is 6.73. The molecule has 0 saturated carbocycles. The minimum Gasteiger partial charge on any atom is -0.497 e. The van der Waals surface area contributed by atoms with Crippen LogP contribution in [0.2, 0.25) is 0 Å². The predicted molar refractivity (Wildman–Crippen MR) is 118 cm³/mol. The normalized spacial score (nSPS) is 11.0. The number of hydrogen-bond acceptors (Lipinski definition) is 10. The topological polar surface area (TPSA) is 150 Å². The molecule has 0 fully saturated rings. The summed E-state index contributed by atoms with van der Waals surface area (Å²) in [6.07, 6.45) is 0. The van der Waals surface area contributed by atoms with Crippen molar-refractivity contribution in [2.24, 2.45) is 0 Å². The van der Waals surface area contributed by atoms with Crippen LogP contribution in [0.1, 0.15) is 16.2 Å². The van der Waals surface area contributed by atoms with Crippen LogP contribution >= 0.6 is 0 Å². The van der Waals surface area contributed by atoms with Gasteiger partial charge in [-0.05, 0) is 36.4 Å². The first-order valence-corrected chi connectivity index (χ1v) is 10.8. The first kappa shape index (κ1) is 22.7. The SMILES string of the molecule is COc1ccc(S(=O)(=O)Nc2ccccc2C(=O)OCc2nc(N)nc(N(C)C)n2)cc1. The monoisotopic (exact) mass is 458 g/mol. The maximum Gasteiger partial charge on any atom is 0.340 e. The fourth-order valence-corrected chi connectivity index (χ4v) is 3.69. The number of hydrogen-bond donors (Lipinski definition) is 2. The molecule has 11 nitrogen and oxygen atoms in total. The highest BCUT2D eigenvalue weighted by molar-refractivity contribution is 7.92. The van der Waals surface area contributed by atoms with Crippen LogP contribution in [0.15, 0.2) is 53.4 Å². The minimum atomic E-state index is -3.95. The average molecular weight is 459 g/mol. The molecule has 0 saturated heterocycles. The molecule has 3 aromatic rings. The van der Waals surface area contributed by atoms with E-state index in [0.717, 1.165) is 0 Å². The number of benzene rings is 2. The summed E-state index contributed by atoms with van der Waals surface area (Å²) in [4.78, 5) is 26.4. The molecule has 0 aliphatic rings. The molecule has 3 rings (SSSR count). The molecule has 0 amide bonds. The molecule has 0 aliphatic heterocycles. The summed E-state index contributed by atoms with van der Waals surface area (Å²) in [7, 11) is 0.996. The van der Waals surface area contributed by atoms with Crippen LogP contribution in [0.3, 0.4) is 0 Å². The van der Waals surface area contributed by atoms with Gasteiger partial charge in [-0.2, -0.15) is 15.0 Å². The standard InChI is InChI=1S/C20H22N6O5S/c1-26(2)20-23-17(22-19(21)24-20)12-31-18(27)15-6-4-5-7-16(15)25-32(28,29)14-10-8-13(30-3)9-11-14/h4-11,25H,12H2,1-3H3,(H2,21,22,23,24). The molecule has 0 bridgehead atoms. The maximum atomic E-state index is 12.7. The lowest BCUT2D eigenvalue weighted by molar-refractivity contribution is 0.0463. The molecular weight excluding hydrogens is 436 g/mol. The average Bonchev–Trinajstić information content (AvgIpc) is 2.77. The summed E-state index contributed by atoms with van der Waals surface area (Å²) in [5.41, 5.74) is 5.76. The molecule has 2 aromatic carbocycles. The Labute approximate surface area is 185 Å². The number of anilines is 3. The smallest absolute Gasteiger partial charge is 0.340 e. The van der Waals surface area contributed by atoms with Crippen LogP contribution in [0.25, 0.3) is 0 Å². The van der Waals surface area contributed by atoms with E-state index in [1.54, 1.807) is 31.1 Å². The highest BCUT2D eigenvalue weighted by Crippen LogP contribution is 2.22. The third-order valence-corrected chi connectivity index (χ3v) is 5.56. The minimum absolute atomic E-state index is 0.0117. The van der Waals surface area contributed by atoms with Crippen LogP contribution in [-0.2, 0) is 21.4 Å². The molecule has 0 radical (unpaired) electrons. The Morgan fingerprint density at radius 1 is 1.06 bits per heavy atom. The quantitative estimate of drug-likeness (QED) is 0.477. The second-order valence-electron chi connectivity index (χ2n) is 6.71. The summed E-state index contributed by atoms with van der Waals surface area (Å²) in [5, 5.41) is 0. The zero-order chi connectivity index (χ0) is 23.3. The summed E-state index contributed by atoms with van der Waals surface area (Å²) >= 11 is 0. The van der Waals surface area contributed by atoms with Crippen LogP contribution < -0.4 is 20.1 Å². The van der Waals surface area contributed by atoms with Gasteiger partial charge < -0.3 is 20.1 Å². The first-order chi connectivity index (χ1) is 15.2. The summed E-state index contributed by atoms with van der Waals surface area (Å²) in [6.45, 7) is -0.272. The van der Waals surface area contributed by atoms with Crippen LogP contribution in [-0.4, -0.2) is 50.5 Å². The number of carbonyl (C=O) groups is 1. The summed E-state index contributed by atoms with van der Waals surface area (Å²) in [5.74, 6) is 0.220. The van der Waals surface area contributed by atoms with Crippen molar-refractivity contribution in [1.29, 1.82) is 0 Å². The highest BCUT2D eigenvalue weighted by atomic mass is 32.2. The highest BCUT2D eigenvalue weighted by Gasteiger charge is 2.20. The van der Waals surface area contributed by atoms with Gasteiger partial charge in [0.15, 0.2) is 12.4 Å². The molecule has 12 heteroatoms. The van der Waals surface area contributed by atoms with Gasteiger partial charge in [0, 0.05) is 14.1 Å². The number of nitrogen functional groups attached to an aromatic ring is 1. The Balaban J connectivity index is 1.78. The molecule has 1 heterocycles. The third-order valence-electron chi connectivity index (χ3n) is 4.18. The Bertz CT molecular complexity index is 1220. The van der Waals surface area contributed by atoms with Gasteiger partial charge in [0.2, 0.25) is 11.9 Å². The largest absolute Gasteiger partial charge is 0.497 e. The molecular formula is C20H22N6O5S. The van der Waals surface area contributed by atoms with E-state index in [-0.39, 0.29) is 34.5 Å². The number of nitrogens with one attached hydrogen (secondary N) is 1. The maximum absolute atomic E-state index is 12.7. The Hall–Kier alpha value is -3.93. The van der Waals surface area contributed by atoms with Crippen molar-refractivity contribution >= 4 is 33.6 Å². The number of methoxy groups -OCH3 is 1. The number of sulfonamides is 1. The van der Waals surface area contributed by atoms with E-state index in [2.05, 4.69) is 19.7 Å². The number of nitrogens with zero attached hydrogens (tertiary/aromatic N) is 4. The molecule has 0 aliphatic carbocycles. The number of ether oxygens (including phenoxy) is 2. The van der Waals surface area contributed by atoms with Crippen molar-refractivity contribution in [2.75, 3.05) is 36.6 Å². The van der Waals surface area contributed by atoms with E-state index in [9.17, 15) is 13.2 Å². The zero-order valence-electron chi connectivity index (χ0n) is 17.6. The van der Waals surface area contributed by atoms with Gasteiger partial charge >= 0.3 is 5.97 Å². The Morgan fingerprint density at radius 2 is 1.75 bits per heavy atom. The van der Waals surface area contributed by atoms with Gasteiger partial charge in [-0.3, -0.25) is 4.72 Å². The molecule has 1 aromatic heterocycles. The van der Waals surface area contributed by atoms with Gasteiger partial charge in [-0.15, -0.1) is 0 Å². The number of para-hydroxylation sites is 1. The predicted octanol–water partition coefficient (Wildman–Crippen LogP) is 1.69. The van der Waals surface area contributed by atoms with Crippen molar-refractivity contribution < 1.29 is 22.7 Å². The molecule has 32 heavy (non-hydrogen) atoms. The number of carbonyl (C=O) groups excluding carboxylic acids is 1. The van der Waals surface area contributed by atoms with E-state index < -0.39 is 16.0 Å². The lowest BCUT2D eigenvalue weighted by Gasteiger charge is -2.13. The van der Waals surface area contributed by atoms with Crippen LogP contribution in [0.4, 0.5) is 17.6 Å². The van der Waals surface area contributed by atoms with E-state index in [4.69, 9.17) is 15.2 Å². The van der Waals surface area contributed by atoms with Gasteiger partial charge in [0.05, 0.1) is 23.3 Å². The number of esters is 1. The van der Waals surface area contributed by atoms with Gasteiger partial charge in [-0.1, -0.05) is 12.1 Å². The second-order valence-corrected chi connectivity index (χ2v) is 8.39. The molecule has 0 spiro atoms. The molecule has 0 unspecified atom stereocenters. The van der Waals surface area contributed by atoms with E-state index in [1.807, 2.05) is 0 Å². The van der Waals surface area contributed by atoms with Crippen LogP contribution in [0, 0.1) is 0 Å². The van der Waals surface area contributed by atoms with E-state index in [1.165, 1.54) is 43.5 Å². The van der Waals surface area contributed by atoms with Gasteiger partial charge in [0.1, 0.15) is 5.75 Å². The lowest BCUT2D eigenvalue weighted by atomic mass is 10.2. The van der Waals surface area contributed by atoms with E-state index in [0.29, 0.717) is 11.7 Å². The second kappa shape index (κ2) is 9.47. The molecule has 3 N–H and O–H groups in total. The fourth-order valence-electron chi connectivity index (χ4n) is 2.61. The van der Waals surface area contributed by atoms with Crippen molar-refractivity contribution in [3.05, 3.63) is 59.9 Å². The number of aromatic nitrogens is 3. The van der Waals surface area contributed by atoms with Crippen molar-refractivity contribution in [3.8, 4) is 5.75 Å². The van der Waals surface area contributed by atoms with Crippen molar-refractivity contribution in [2.45, 2.75) is 11.5 Å². The van der Waals surface area contributed by atoms with Crippen molar-refractivity contribution in [3.63, 3.8) is 0 Å². The fraction of sp³-hybridized carbons (Fsp3) is 0.200. The molecule has 168 valence electrons. The molecule has 0 atom stereocenters. The third kappa shape index (κ3) is 5.40. The number of nitrogens with two attached hydrogens (primary N) is 1. The van der Waals surface area contributed by atoms with Gasteiger partial charge in [-0.25, -0.2) is 13.2 Å². The van der Waals surface area contributed by atoms with Crippen LogP contribution in [0.5, 0.6) is 5.75 Å². The van der Waals surface area contributed by atoms with Gasteiger partial charge in [0.25, 0.3) is 10.0 Å². The Morgan fingerprint density at radius 3 is 2.41 bits per heavy atom. The van der Waals surface area contributed by atoms with E-state index >= 15 is 0 Å². The number of rotatable bonds is 8. The van der Waals surface area contributed by atoms with Crippen molar-refractivity contribution in [1.82, 2.24) is 15.0 Å². The lowest BCUT2D eigenvalue weighted by Crippen LogP contribution is -2.18. The summed E-state index contributed by atoms with van der Waals surface area (Å²) in [6, 6.07) is 11.9. The zero-order valence-corrected chi connectivity index (χ0v) is 18.5. The summed E-state index contributed by atoms with van der Waals surface area (Å²) < 4.78 is 38.2.